The lowest BCUT2D eigenvalue weighted by atomic mass is 10.1. The van der Waals surface area contributed by atoms with Crippen molar-refractivity contribution in [2.75, 3.05) is 5.32 Å². The molecule has 6 nitrogen and oxygen atoms in total. The Balaban J connectivity index is 1.80. The summed E-state index contributed by atoms with van der Waals surface area (Å²) in [6.07, 6.45) is 1.52. The van der Waals surface area contributed by atoms with Gasteiger partial charge in [0.15, 0.2) is 0 Å². The first-order valence-electron chi connectivity index (χ1n) is 7.11. The van der Waals surface area contributed by atoms with Crippen molar-refractivity contribution in [3.05, 3.63) is 75.8 Å². The predicted octanol–water partition coefficient (Wildman–Crippen LogP) is 2.75. The fourth-order valence-corrected chi connectivity index (χ4v) is 2.34. The Morgan fingerprint density at radius 2 is 1.88 bits per heavy atom. The summed E-state index contributed by atoms with van der Waals surface area (Å²) in [7, 11) is 1.60. The molecule has 1 amide bonds. The van der Waals surface area contributed by atoms with Crippen LogP contribution in [0.2, 0.25) is 5.15 Å². The van der Waals surface area contributed by atoms with Crippen LogP contribution >= 0.6 is 11.6 Å². The summed E-state index contributed by atoms with van der Waals surface area (Å²) in [5.41, 5.74) is 2.26. The second-order valence-corrected chi connectivity index (χ2v) is 5.41. The van der Waals surface area contributed by atoms with Crippen molar-refractivity contribution >= 4 is 23.2 Å². The van der Waals surface area contributed by atoms with Gasteiger partial charge in [0, 0.05) is 30.6 Å². The second-order valence-electron chi connectivity index (χ2n) is 5.05. The molecule has 0 aliphatic rings. The lowest BCUT2D eigenvalue weighted by Gasteiger charge is -2.07. The molecule has 24 heavy (non-hydrogen) atoms. The van der Waals surface area contributed by atoms with E-state index in [0.717, 1.165) is 5.56 Å². The number of hydrogen-bond acceptors (Lipinski definition) is 4. The summed E-state index contributed by atoms with van der Waals surface area (Å²) in [6, 6.07) is 13.5. The minimum Gasteiger partial charge on any atom is -0.322 e. The molecular formula is C17H13ClN4O2. The first-order chi connectivity index (χ1) is 11.5. The molecule has 2 aromatic heterocycles. The highest BCUT2D eigenvalue weighted by Gasteiger charge is 2.11. The molecule has 1 aromatic carbocycles. The molecule has 0 aliphatic carbocycles. The Morgan fingerprint density at radius 3 is 2.54 bits per heavy atom. The number of amides is 1. The van der Waals surface area contributed by atoms with Crippen molar-refractivity contribution in [3.63, 3.8) is 0 Å². The van der Waals surface area contributed by atoms with Gasteiger partial charge in [-0.1, -0.05) is 23.7 Å². The molecule has 2 heterocycles. The quantitative estimate of drug-likeness (QED) is 0.744. The van der Waals surface area contributed by atoms with Gasteiger partial charge in [0.2, 0.25) is 0 Å². The third-order valence-electron chi connectivity index (χ3n) is 3.40. The first kappa shape index (κ1) is 15.9. The molecule has 0 saturated heterocycles. The number of rotatable bonds is 3. The molecule has 0 aliphatic heterocycles. The highest BCUT2D eigenvalue weighted by molar-refractivity contribution is 6.33. The van der Waals surface area contributed by atoms with Crippen LogP contribution in [0.1, 0.15) is 10.4 Å². The second kappa shape index (κ2) is 6.64. The zero-order valence-electron chi connectivity index (χ0n) is 12.7. The third-order valence-corrected chi connectivity index (χ3v) is 3.70. The van der Waals surface area contributed by atoms with Crippen LogP contribution in [0, 0.1) is 0 Å². The lowest BCUT2D eigenvalue weighted by Crippen LogP contribution is -2.18. The van der Waals surface area contributed by atoms with Crippen molar-refractivity contribution in [1.29, 1.82) is 0 Å². The van der Waals surface area contributed by atoms with Crippen molar-refractivity contribution in [3.8, 4) is 11.3 Å². The molecule has 0 radical (unpaired) electrons. The standard InChI is InChI=1S/C17H13ClN4O2/c1-22-15(23)9-8-14(21-22)11-4-6-12(7-5-11)20-17(24)13-3-2-10-19-16(13)18/h2-10H,1H3,(H,20,24). The number of hydrogen-bond donors (Lipinski definition) is 1. The number of benzene rings is 1. The first-order valence-corrected chi connectivity index (χ1v) is 7.49. The van der Waals surface area contributed by atoms with Gasteiger partial charge in [0.1, 0.15) is 5.15 Å². The van der Waals surface area contributed by atoms with E-state index in [0.29, 0.717) is 16.9 Å². The van der Waals surface area contributed by atoms with E-state index in [2.05, 4.69) is 15.4 Å². The van der Waals surface area contributed by atoms with E-state index in [1.807, 2.05) is 12.1 Å². The van der Waals surface area contributed by atoms with Gasteiger partial charge < -0.3 is 5.32 Å². The molecule has 3 rings (SSSR count). The minimum atomic E-state index is -0.332. The summed E-state index contributed by atoms with van der Waals surface area (Å²) in [4.78, 5) is 27.4. The van der Waals surface area contributed by atoms with Gasteiger partial charge >= 0.3 is 0 Å². The van der Waals surface area contributed by atoms with E-state index in [9.17, 15) is 9.59 Å². The van der Waals surface area contributed by atoms with E-state index in [4.69, 9.17) is 11.6 Å². The number of anilines is 1. The van der Waals surface area contributed by atoms with Crippen molar-refractivity contribution < 1.29 is 4.79 Å². The van der Waals surface area contributed by atoms with Gasteiger partial charge in [-0.15, -0.1) is 0 Å². The van der Waals surface area contributed by atoms with E-state index in [1.165, 1.54) is 16.9 Å². The Morgan fingerprint density at radius 1 is 1.12 bits per heavy atom. The summed E-state index contributed by atoms with van der Waals surface area (Å²) >= 11 is 5.91. The fourth-order valence-electron chi connectivity index (χ4n) is 2.13. The highest BCUT2D eigenvalue weighted by atomic mass is 35.5. The maximum atomic E-state index is 12.2. The van der Waals surface area contributed by atoms with Gasteiger partial charge in [0.25, 0.3) is 11.5 Å². The Hall–Kier alpha value is -2.99. The summed E-state index contributed by atoms with van der Waals surface area (Å²) in [5.74, 6) is -0.332. The third kappa shape index (κ3) is 3.33. The van der Waals surface area contributed by atoms with Crippen LogP contribution in [0.15, 0.2) is 59.5 Å². The average molecular weight is 341 g/mol. The van der Waals surface area contributed by atoms with Crippen LogP contribution in [-0.2, 0) is 7.05 Å². The smallest absolute Gasteiger partial charge is 0.266 e. The van der Waals surface area contributed by atoms with Gasteiger partial charge in [-0.2, -0.15) is 5.10 Å². The number of aryl methyl sites for hydroxylation is 1. The van der Waals surface area contributed by atoms with E-state index >= 15 is 0 Å². The predicted molar refractivity (Wildman–Crippen MR) is 92.1 cm³/mol. The Labute approximate surface area is 142 Å². The lowest BCUT2D eigenvalue weighted by molar-refractivity contribution is 0.102. The highest BCUT2D eigenvalue weighted by Crippen LogP contribution is 2.20. The summed E-state index contributed by atoms with van der Waals surface area (Å²) < 4.78 is 1.27. The zero-order valence-corrected chi connectivity index (χ0v) is 13.5. The molecule has 7 heteroatoms. The van der Waals surface area contributed by atoms with E-state index < -0.39 is 0 Å². The van der Waals surface area contributed by atoms with Crippen LogP contribution in [0.5, 0.6) is 0 Å². The summed E-state index contributed by atoms with van der Waals surface area (Å²) in [6.45, 7) is 0. The number of carbonyl (C=O) groups is 1. The van der Waals surface area contributed by atoms with Crippen LogP contribution < -0.4 is 10.9 Å². The number of nitrogens with zero attached hydrogens (tertiary/aromatic N) is 3. The SMILES string of the molecule is Cn1nc(-c2ccc(NC(=O)c3cccnc3Cl)cc2)ccc1=O. The largest absolute Gasteiger partial charge is 0.322 e. The van der Waals surface area contributed by atoms with E-state index in [-0.39, 0.29) is 16.6 Å². The number of aromatic nitrogens is 3. The molecule has 0 bridgehead atoms. The number of pyridine rings is 1. The Kier molecular flexibility index (Phi) is 4.39. The molecule has 0 saturated carbocycles. The molecule has 0 spiro atoms. The monoisotopic (exact) mass is 340 g/mol. The van der Waals surface area contributed by atoms with Gasteiger partial charge in [-0.25, -0.2) is 9.67 Å². The maximum absolute atomic E-state index is 12.2. The maximum Gasteiger partial charge on any atom is 0.266 e. The van der Waals surface area contributed by atoms with Crippen molar-refractivity contribution in [1.82, 2.24) is 14.8 Å². The average Bonchev–Trinajstić information content (AvgIpc) is 2.58. The molecule has 3 aromatic rings. The molecule has 0 unspecified atom stereocenters. The van der Waals surface area contributed by atoms with Gasteiger partial charge in [0.05, 0.1) is 11.3 Å². The van der Waals surface area contributed by atoms with Crippen molar-refractivity contribution in [2.24, 2.45) is 7.05 Å². The van der Waals surface area contributed by atoms with Gasteiger partial charge in [-0.05, 0) is 30.3 Å². The van der Waals surface area contributed by atoms with E-state index in [1.54, 1.807) is 37.4 Å². The number of nitrogens with one attached hydrogen (secondary N) is 1. The molecule has 120 valence electrons. The number of carbonyl (C=O) groups excluding carboxylic acids is 1. The zero-order chi connectivity index (χ0) is 17.1. The van der Waals surface area contributed by atoms with Crippen molar-refractivity contribution in [2.45, 2.75) is 0 Å². The normalized spacial score (nSPS) is 10.4. The topological polar surface area (TPSA) is 76.9 Å². The van der Waals surface area contributed by atoms with Crippen LogP contribution in [0.4, 0.5) is 5.69 Å². The molecule has 0 atom stereocenters. The molecule has 0 fully saturated rings. The molecule has 1 N–H and O–H groups in total. The van der Waals surface area contributed by atoms with Gasteiger partial charge in [-0.3, -0.25) is 9.59 Å². The van der Waals surface area contributed by atoms with Crippen LogP contribution in [0.25, 0.3) is 11.3 Å². The Bertz CT molecular complexity index is 951. The van der Waals surface area contributed by atoms with Crippen LogP contribution in [-0.4, -0.2) is 20.7 Å². The van der Waals surface area contributed by atoms with Crippen LogP contribution in [0.3, 0.4) is 0 Å². The fraction of sp³-hybridized carbons (Fsp3) is 0.0588. The summed E-state index contributed by atoms with van der Waals surface area (Å²) in [5, 5.41) is 7.10. The number of halogens is 1. The minimum absolute atomic E-state index is 0.154. The molecular weight excluding hydrogens is 328 g/mol.